The van der Waals surface area contributed by atoms with Gasteiger partial charge >= 0.3 is 5.97 Å². The van der Waals surface area contributed by atoms with Crippen LogP contribution in [0.2, 0.25) is 0 Å². The van der Waals surface area contributed by atoms with E-state index in [1.54, 1.807) is 19.1 Å². The van der Waals surface area contributed by atoms with E-state index in [1.807, 2.05) is 43.3 Å². The average molecular weight is 413 g/mol. The number of hydrogen-bond donors (Lipinski definition) is 1. The number of aryl methyl sites for hydroxylation is 2. The van der Waals surface area contributed by atoms with Crippen LogP contribution in [0.1, 0.15) is 21.6 Å². The van der Waals surface area contributed by atoms with Crippen LogP contribution in [0.25, 0.3) is 10.9 Å². The number of aromatic nitrogens is 1. The summed E-state index contributed by atoms with van der Waals surface area (Å²) >= 11 is 3.35. The molecule has 0 fully saturated rings. The lowest BCUT2D eigenvalue weighted by molar-refractivity contribution is -0.119. The Hall–Kier alpha value is -2.73. The Balaban J connectivity index is 1.73. The zero-order chi connectivity index (χ0) is 18.7. The number of fused-ring (bicyclic) bond motifs is 1. The van der Waals surface area contributed by atoms with E-state index in [-0.39, 0.29) is 6.61 Å². The van der Waals surface area contributed by atoms with Crippen LogP contribution in [0.3, 0.4) is 0 Å². The third-order valence-corrected chi connectivity index (χ3v) is 4.71. The maximum atomic E-state index is 12.5. The molecule has 3 rings (SSSR count). The lowest BCUT2D eigenvalue weighted by Gasteiger charge is -2.12. The van der Waals surface area contributed by atoms with Crippen molar-refractivity contribution in [3.63, 3.8) is 0 Å². The third-order valence-electron chi connectivity index (χ3n) is 4.02. The highest BCUT2D eigenvalue weighted by molar-refractivity contribution is 9.10. The van der Waals surface area contributed by atoms with Gasteiger partial charge in [-0.15, -0.1) is 0 Å². The normalized spacial score (nSPS) is 10.6. The molecule has 0 aliphatic carbocycles. The number of esters is 1. The monoisotopic (exact) mass is 412 g/mol. The topological polar surface area (TPSA) is 68.3 Å². The van der Waals surface area contributed by atoms with Crippen LogP contribution >= 0.6 is 15.9 Å². The second-order valence-corrected chi connectivity index (χ2v) is 6.67. The van der Waals surface area contributed by atoms with E-state index in [1.165, 1.54) is 0 Å². The van der Waals surface area contributed by atoms with Crippen LogP contribution in [-0.2, 0) is 9.53 Å². The van der Waals surface area contributed by atoms with Gasteiger partial charge in [-0.2, -0.15) is 0 Å². The zero-order valence-corrected chi connectivity index (χ0v) is 16.0. The van der Waals surface area contributed by atoms with Gasteiger partial charge in [0.25, 0.3) is 5.91 Å². The smallest absolute Gasteiger partial charge is 0.340 e. The lowest BCUT2D eigenvalue weighted by Crippen LogP contribution is -2.22. The molecule has 0 aliphatic heterocycles. The molecule has 0 unspecified atom stereocenters. The lowest BCUT2D eigenvalue weighted by atomic mass is 10.0. The van der Waals surface area contributed by atoms with Gasteiger partial charge in [-0.1, -0.05) is 30.3 Å². The van der Waals surface area contributed by atoms with Gasteiger partial charge in [0.1, 0.15) is 0 Å². The molecule has 0 aliphatic rings. The zero-order valence-electron chi connectivity index (χ0n) is 14.4. The van der Waals surface area contributed by atoms with Gasteiger partial charge in [0.2, 0.25) is 0 Å². The van der Waals surface area contributed by atoms with Crippen molar-refractivity contribution < 1.29 is 14.3 Å². The number of anilines is 1. The fourth-order valence-corrected chi connectivity index (χ4v) is 3.17. The van der Waals surface area contributed by atoms with Gasteiger partial charge in [0.05, 0.1) is 22.5 Å². The molecule has 1 aromatic heterocycles. The summed E-state index contributed by atoms with van der Waals surface area (Å²) in [6.07, 6.45) is 0. The average Bonchev–Trinajstić information content (AvgIpc) is 2.62. The first-order valence-corrected chi connectivity index (χ1v) is 8.84. The van der Waals surface area contributed by atoms with Gasteiger partial charge in [-0.05, 0) is 53.5 Å². The van der Waals surface area contributed by atoms with Gasteiger partial charge in [-0.25, -0.2) is 4.79 Å². The van der Waals surface area contributed by atoms with E-state index < -0.39 is 11.9 Å². The molecule has 1 heterocycles. The van der Waals surface area contributed by atoms with Crippen molar-refractivity contribution in [2.45, 2.75) is 13.8 Å². The summed E-state index contributed by atoms with van der Waals surface area (Å²) in [6.45, 7) is 3.25. The summed E-state index contributed by atoms with van der Waals surface area (Å²) in [7, 11) is 0. The van der Waals surface area contributed by atoms with E-state index in [9.17, 15) is 9.59 Å². The van der Waals surface area contributed by atoms with Crippen LogP contribution in [0.15, 0.2) is 53.0 Å². The number of para-hydroxylation sites is 2. The summed E-state index contributed by atoms with van der Waals surface area (Å²) in [5.74, 6) is -0.963. The minimum atomic E-state index is -0.555. The first-order chi connectivity index (χ1) is 12.5. The van der Waals surface area contributed by atoms with Crippen molar-refractivity contribution in [2.75, 3.05) is 11.9 Å². The number of carbonyl (C=O) groups is 2. The van der Waals surface area contributed by atoms with E-state index >= 15 is 0 Å². The molecule has 0 bridgehead atoms. The predicted molar refractivity (Wildman–Crippen MR) is 104 cm³/mol. The molecule has 26 heavy (non-hydrogen) atoms. The van der Waals surface area contributed by atoms with Crippen molar-refractivity contribution in [1.29, 1.82) is 0 Å². The Morgan fingerprint density at radius 1 is 1.08 bits per heavy atom. The number of nitrogens with one attached hydrogen (secondary N) is 1. The third kappa shape index (κ3) is 3.75. The number of rotatable bonds is 4. The molecule has 6 heteroatoms. The van der Waals surface area contributed by atoms with Crippen molar-refractivity contribution in [3.8, 4) is 0 Å². The number of ether oxygens (including phenoxy) is 1. The molecule has 0 spiro atoms. The molecule has 0 saturated carbocycles. The highest BCUT2D eigenvalue weighted by Crippen LogP contribution is 2.23. The standard InChI is InChI=1S/C20H17BrN2O3/c1-12-14-7-3-5-9-16(14)22-13(2)19(12)20(25)26-11-18(24)23-17-10-6-4-8-15(17)21/h3-10H,11H2,1-2H3,(H,23,24). The number of benzene rings is 2. The van der Waals surface area contributed by atoms with Crippen molar-refractivity contribution in [2.24, 2.45) is 0 Å². The highest BCUT2D eigenvalue weighted by atomic mass is 79.9. The van der Waals surface area contributed by atoms with Crippen molar-refractivity contribution >= 4 is 44.4 Å². The molecule has 3 aromatic rings. The molecule has 0 saturated heterocycles. The second kappa shape index (κ2) is 7.66. The van der Waals surface area contributed by atoms with Gasteiger partial charge in [0, 0.05) is 9.86 Å². The van der Waals surface area contributed by atoms with Gasteiger partial charge in [-0.3, -0.25) is 9.78 Å². The van der Waals surface area contributed by atoms with E-state index in [4.69, 9.17) is 4.74 Å². The van der Waals surface area contributed by atoms with Crippen LogP contribution in [0.4, 0.5) is 5.69 Å². The number of carbonyl (C=O) groups excluding carboxylic acids is 2. The number of halogens is 1. The molecule has 1 amide bonds. The van der Waals surface area contributed by atoms with Crippen LogP contribution in [0.5, 0.6) is 0 Å². The van der Waals surface area contributed by atoms with Crippen molar-refractivity contribution in [1.82, 2.24) is 4.98 Å². The largest absolute Gasteiger partial charge is 0.452 e. The second-order valence-electron chi connectivity index (χ2n) is 5.82. The summed E-state index contributed by atoms with van der Waals surface area (Å²) in [6, 6.07) is 14.8. The molecule has 5 nitrogen and oxygen atoms in total. The molecule has 2 aromatic carbocycles. The number of nitrogens with zero attached hydrogens (tertiary/aromatic N) is 1. The summed E-state index contributed by atoms with van der Waals surface area (Å²) in [5, 5.41) is 3.59. The molecular weight excluding hydrogens is 396 g/mol. The SMILES string of the molecule is Cc1nc2ccccc2c(C)c1C(=O)OCC(=O)Nc1ccccc1Br. The Morgan fingerprint density at radius 3 is 2.54 bits per heavy atom. The van der Waals surface area contributed by atoms with Crippen molar-refractivity contribution in [3.05, 3.63) is 69.8 Å². The Labute approximate surface area is 159 Å². The first-order valence-electron chi connectivity index (χ1n) is 8.05. The summed E-state index contributed by atoms with van der Waals surface area (Å²) < 4.78 is 5.96. The molecule has 0 atom stereocenters. The van der Waals surface area contributed by atoms with E-state index in [0.29, 0.717) is 16.9 Å². The van der Waals surface area contributed by atoms with Crippen LogP contribution in [-0.4, -0.2) is 23.5 Å². The van der Waals surface area contributed by atoms with Gasteiger partial charge < -0.3 is 10.1 Å². The fraction of sp³-hybridized carbons (Fsp3) is 0.150. The highest BCUT2D eigenvalue weighted by Gasteiger charge is 2.19. The number of amides is 1. The molecule has 132 valence electrons. The van der Waals surface area contributed by atoms with Crippen LogP contribution in [0, 0.1) is 13.8 Å². The Morgan fingerprint density at radius 2 is 1.77 bits per heavy atom. The molecule has 1 N–H and O–H groups in total. The maximum absolute atomic E-state index is 12.5. The minimum absolute atomic E-state index is 0.369. The van der Waals surface area contributed by atoms with E-state index in [2.05, 4.69) is 26.2 Å². The molecular formula is C20H17BrN2O3. The predicted octanol–water partition coefficient (Wildman–Crippen LogP) is 4.41. The van der Waals surface area contributed by atoms with Gasteiger partial charge in [0.15, 0.2) is 6.61 Å². The first kappa shape index (κ1) is 18.1. The number of pyridine rings is 1. The summed E-state index contributed by atoms with van der Waals surface area (Å²) in [4.78, 5) is 29.0. The summed E-state index contributed by atoms with van der Waals surface area (Å²) in [5.41, 5.74) is 3.22. The van der Waals surface area contributed by atoms with E-state index in [0.717, 1.165) is 20.9 Å². The molecule has 0 radical (unpaired) electrons. The van der Waals surface area contributed by atoms with Crippen LogP contribution < -0.4 is 5.32 Å². The minimum Gasteiger partial charge on any atom is -0.452 e. The maximum Gasteiger partial charge on any atom is 0.340 e. The Bertz CT molecular complexity index is 1000. The quantitative estimate of drug-likeness (QED) is 0.644. The number of hydrogen-bond acceptors (Lipinski definition) is 4. The Kier molecular flexibility index (Phi) is 5.32. The fourth-order valence-electron chi connectivity index (χ4n) is 2.78.